The van der Waals surface area contributed by atoms with Gasteiger partial charge in [-0.2, -0.15) is 0 Å². The molecule has 19 heavy (non-hydrogen) atoms. The molecule has 1 aliphatic rings. The van der Waals surface area contributed by atoms with Crippen LogP contribution in [0.5, 0.6) is 0 Å². The lowest BCUT2D eigenvalue weighted by atomic mass is 10.1. The first kappa shape index (κ1) is 12.7. The van der Waals surface area contributed by atoms with E-state index in [0.717, 1.165) is 32.6 Å². The Balaban J connectivity index is 2.10. The molecule has 98 valence electrons. The van der Waals surface area contributed by atoms with Crippen molar-refractivity contribution in [1.82, 2.24) is 14.9 Å². The number of amides is 1. The molecular weight excluding hydrogens is 353 g/mol. The zero-order valence-corrected chi connectivity index (χ0v) is 12.9. The number of carbonyl (C=O) groups excluding carboxylic acids is 1. The smallest absolute Gasteiger partial charge is 0.268 e. The maximum Gasteiger partial charge on any atom is 0.268 e. The molecule has 1 amide bonds. The van der Waals surface area contributed by atoms with Crippen LogP contribution in [0.2, 0.25) is 0 Å². The number of aromatic nitrogens is 2. The van der Waals surface area contributed by atoms with Gasteiger partial charge in [-0.3, -0.25) is 9.78 Å². The average Bonchev–Trinajstić information content (AvgIpc) is 2.76. The third kappa shape index (κ3) is 2.27. The number of nitrogens with zero attached hydrogens (tertiary/aromatic N) is 2. The summed E-state index contributed by atoms with van der Waals surface area (Å²) >= 11 is 2.21. The molecule has 1 N–H and O–H groups in total. The minimum Gasteiger partial charge on any atom is -0.347 e. The van der Waals surface area contributed by atoms with Crippen molar-refractivity contribution in [3.63, 3.8) is 0 Å². The molecule has 0 fully saturated rings. The molecule has 0 aliphatic carbocycles. The molecule has 0 spiro atoms. The summed E-state index contributed by atoms with van der Waals surface area (Å²) in [5.74, 6) is 0.00593. The van der Waals surface area contributed by atoms with Crippen LogP contribution in [-0.4, -0.2) is 21.5 Å². The summed E-state index contributed by atoms with van der Waals surface area (Å²) in [6.07, 6.45) is 3.93. The molecule has 4 nitrogen and oxygen atoms in total. The number of fused-ring (bicyclic) bond motifs is 1. The van der Waals surface area contributed by atoms with Gasteiger partial charge < -0.3 is 9.88 Å². The van der Waals surface area contributed by atoms with Crippen molar-refractivity contribution in [1.29, 1.82) is 0 Å². The summed E-state index contributed by atoms with van der Waals surface area (Å²) in [4.78, 5) is 16.2. The van der Waals surface area contributed by atoms with Crippen LogP contribution >= 0.6 is 22.6 Å². The average molecular weight is 367 g/mol. The molecule has 3 heterocycles. The van der Waals surface area contributed by atoms with Crippen LogP contribution in [0.4, 0.5) is 0 Å². The quantitative estimate of drug-likeness (QED) is 0.622. The van der Waals surface area contributed by atoms with E-state index in [1.807, 2.05) is 30.7 Å². The minimum absolute atomic E-state index is 0.00593. The van der Waals surface area contributed by atoms with Gasteiger partial charge in [0.1, 0.15) is 9.39 Å². The highest BCUT2D eigenvalue weighted by Crippen LogP contribution is 2.27. The summed E-state index contributed by atoms with van der Waals surface area (Å²) in [5.41, 5.74) is 4.08. The van der Waals surface area contributed by atoms with Gasteiger partial charge in [-0.1, -0.05) is 0 Å². The van der Waals surface area contributed by atoms with E-state index in [0.29, 0.717) is 0 Å². The molecule has 5 heteroatoms. The molecule has 0 saturated heterocycles. The van der Waals surface area contributed by atoms with Crippen LogP contribution in [0.15, 0.2) is 24.5 Å². The van der Waals surface area contributed by atoms with Crippen LogP contribution in [0.1, 0.15) is 23.0 Å². The van der Waals surface area contributed by atoms with Crippen LogP contribution < -0.4 is 5.32 Å². The molecule has 2 aromatic rings. The molecule has 0 saturated carbocycles. The van der Waals surface area contributed by atoms with Crippen molar-refractivity contribution >= 4 is 28.5 Å². The summed E-state index contributed by atoms with van der Waals surface area (Å²) in [5, 5.41) is 2.95. The van der Waals surface area contributed by atoms with Crippen molar-refractivity contribution in [2.75, 3.05) is 0 Å². The molecule has 0 bridgehead atoms. The Morgan fingerprint density at radius 2 is 2.26 bits per heavy atom. The standard InChI is InChI=1S/C14H14IN3O/c1-8-5-16-13(15)4-11(8)10-3-12-14(19)17-9(2)6-18(12)7-10/h3-5,7,9H,6H2,1-2H3,(H,17,19). The first-order valence-corrected chi connectivity index (χ1v) is 7.26. The predicted molar refractivity (Wildman–Crippen MR) is 82.0 cm³/mol. The minimum atomic E-state index is 0.00593. The summed E-state index contributed by atoms with van der Waals surface area (Å²) < 4.78 is 2.99. The van der Waals surface area contributed by atoms with Crippen LogP contribution in [0, 0.1) is 10.6 Å². The predicted octanol–water partition coefficient (Wildman–Crippen LogP) is 2.60. The topological polar surface area (TPSA) is 46.9 Å². The fourth-order valence-electron chi connectivity index (χ4n) is 2.45. The Morgan fingerprint density at radius 1 is 1.47 bits per heavy atom. The largest absolute Gasteiger partial charge is 0.347 e. The van der Waals surface area contributed by atoms with E-state index in [1.54, 1.807) is 0 Å². The van der Waals surface area contributed by atoms with Crippen molar-refractivity contribution in [2.24, 2.45) is 0 Å². The van der Waals surface area contributed by atoms with Gasteiger partial charge in [0.2, 0.25) is 0 Å². The van der Waals surface area contributed by atoms with E-state index < -0.39 is 0 Å². The zero-order valence-electron chi connectivity index (χ0n) is 10.8. The SMILES string of the molecule is Cc1cnc(I)cc1-c1cc2n(c1)CC(C)NC2=O. The molecule has 3 rings (SSSR count). The van der Waals surface area contributed by atoms with E-state index >= 15 is 0 Å². The van der Waals surface area contributed by atoms with Crippen LogP contribution in [-0.2, 0) is 6.54 Å². The van der Waals surface area contributed by atoms with Gasteiger partial charge in [0.05, 0.1) is 0 Å². The van der Waals surface area contributed by atoms with E-state index in [9.17, 15) is 4.79 Å². The number of hydrogen-bond donors (Lipinski definition) is 1. The second-order valence-corrected chi connectivity index (χ2v) is 6.07. The number of halogens is 1. The van der Waals surface area contributed by atoms with Crippen molar-refractivity contribution in [3.8, 4) is 11.1 Å². The molecule has 1 aliphatic heterocycles. The number of hydrogen-bond acceptors (Lipinski definition) is 2. The lowest BCUT2D eigenvalue weighted by Gasteiger charge is -2.22. The lowest BCUT2D eigenvalue weighted by Crippen LogP contribution is -2.41. The molecular formula is C14H14IN3O. The summed E-state index contributed by atoms with van der Waals surface area (Å²) in [6.45, 7) is 4.88. The number of pyridine rings is 1. The number of rotatable bonds is 1. The second-order valence-electron chi connectivity index (χ2n) is 4.96. The Hall–Kier alpha value is -1.37. The van der Waals surface area contributed by atoms with Gasteiger partial charge in [-0.05, 0) is 59.7 Å². The number of nitrogens with one attached hydrogen (secondary N) is 1. The maximum absolute atomic E-state index is 11.9. The molecule has 1 atom stereocenters. The van der Waals surface area contributed by atoms with Crippen LogP contribution in [0.3, 0.4) is 0 Å². The Kier molecular flexibility index (Phi) is 3.08. The highest BCUT2D eigenvalue weighted by atomic mass is 127. The van der Waals surface area contributed by atoms with E-state index in [-0.39, 0.29) is 11.9 Å². The first-order chi connectivity index (χ1) is 9.04. The van der Waals surface area contributed by atoms with Gasteiger partial charge in [0, 0.05) is 30.5 Å². The highest BCUT2D eigenvalue weighted by Gasteiger charge is 2.22. The Labute approximate surface area is 125 Å². The normalized spacial score (nSPS) is 18.1. The molecule has 0 radical (unpaired) electrons. The fraction of sp³-hybridized carbons (Fsp3) is 0.286. The summed E-state index contributed by atoms with van der Waals surface area (Å²) in [6, 6.07) is 4.19. The Bertz CT molecular complexity index is 663. The summed E-state index contributed by atoms with van der Waals surface area (Å²) in [7, 11) is 0. The van der Waals surface area contributed by atoms with Crippen molar-refractivity contribution in [2.45, 2.75) is 26.4 Å². The van der Waals surface area contributed by atoms with E-state index in [1.165, 1.54) is 0 Å². The van der Waals surface area contributed by atoms with Gasteiger partial charge in [-0.15, -0.1) is 0 Å². The van der Waals surface area contributed by atoms with Crippen LogP contribution in [0.25, 0.3) is 11.1 Å². The van der Waals surface area contributed by atoms with Gasteiger partial charge in [0.15, 0.2) is 0 Å². The number of aryl methyl sites for hydroxylation is 1. The van der Waals surface area contributed by atoms with Gasteiger partial charge >= 0.3 is 0 Å². The van der Waals surface area contributed by atoms with Gasteiger partial charge in [-0.25, -0.2) is 0 Å². The van der Waals surface area contributed by atoms with Gasteiger partial charge in [0.25, 0.3) is 5.91 Å². The lowest BCUT2D eigenvalue weighted by molar-refractivity contribution is 0.0906. The zero-order chi connectivity index (χ0) is 13.6. The first-order valence-electron chi connectivity index (χ1n) is 6.18. The van der Waals surface area contributed by atoms with Crippen molar-refractivity contribution in [3.05, 3.63) is 39.5 Å². The van der Waals surface area contributed by atoms with E-state index in [4.69, 9.17) is 0 Å². The fourth-order valence-corrected chi connectivity index (χ4v) is 2.90. The maximum atomic E-state index is 11.9. The van der Waals surface area contributed by atoms with E-state index in [2.05, 4.69) is 45.2 Å². The molecule has 1 unspecified atom stereocenters. The Morgan fingerprint density at radius 3 is 3.05 bits per heavy atom. The second kappa shape index (κ2) is 4.63. The molecule has 2 aromatic heterocycles. The highest BCUT2D eigenvalue weighted by molar-refractivity contribution is 14.1. The third-order valence-electron chi connectivity index (χ3n) is 3.36. The van der Waals surface area contributed by atoms with Crippen molar-refractivity contribution < 1.29 is 4.79 Å². The number of carbonyl (C=O) groups is 1. The monoisotopic (exact) mass is 367 g/mol. The third-order valence-corrected chi connectivity index (χ3v) is 3.95. The molecule has 0 aromatic carbocycles.